The highest BCUT2D eigenvalue weighted by atomic mass is 16.3. The summed E-state index contributed by atoms with van der Waals surface area (Å²) >= 11 is 0. The first-order valence-electron chi connectivity index (χ1n) is 6.72. The minimum absolute atomic E-state index is 0.0848. The van der Waals surface area contributed by atoms with Crippen molar-refractivity contribution in [3.8, 4) is 0 Å². The Morgan fingerprint density at radius 3 is 2.35 bits per heavy atom. The van der Waals surface area contributed by atoms with Crippen molar-refractivity contribution in [3.63, 3.8) is 0 Å². The fourth-order valence-electron chi connectivity index (χ4n) is 2.82. The smallest absolute Gasteiger partial charge is 0.226 e. The molecule has 1 saturated heterocycles. The molecule has 2 fully saturated rings. The van der Waals surface area contributed by atoms with Gasteiger partial charge in [0.25, 0.3) is 0 Å². The van der Waals surface area contributed by atoms with E-state index in [1.54, 1.807) is 0 Å². The molecule has 0 aromatic carbocycles. The molecular weight excluding hydrogens is 260 g/mol. The SMILES string of the molecule is C[C@@H]1CC(=N)C(=C(O)CC2CC(=O)NC(=O)C2)C(=O)C1. The van der Waals surface area contributed by atoms with Gasteiger partial charge in [-0.2, -0.15) is 0 Å². The van der Waals surface area contributed by atoms with Gasteiger partial charge in [-0.3, -0.25) is 19.7 Å². The van der Waals surface area contributed by atoms with E-state index in [4.69, 9.17) is 5.41 Å². The summed E-state index contributed by atoms with van der Waals surface area (Å²) in [4.78, 5) is 34.5. The van der Waals surface area contributed by atoms with E-state index in [9.17, 15) is 19.5 Å². The third-order valence-electron chi connectivity index (χ3n) is 3.66. The number of aliphatic hydroxyl groups excluding tert-OH is 1. The molecular formula is C14H18N2O4. The summed E-state index contributed by atoms with van der Waals surface area (Å²) in [6, 6.07) is 0. The van der Waals surface area contributed by atoms with E-state index in [1.807, 2.05) is 6.92 Å². The summed E-state index contributed by atoms with van der Waals surface area (Å²) in [6.45, 7) is 1.89. The number of hydrogen-bond acceptors (Lipinski definition) is 5. The first kappa shape index (κ1) is 14.4. The van der Waals surface area contributed by atoms with Crippen LogP contribution in [0.3, 0.4) is 0 Å². The third kappa shape index (κ3) is 3.12. The van der Waals surface area contributed by atoms with Crippen molar-refractivity contribution in [1.29, 1.82) is 5.41 Å². The highest BCUT2D eigenvalue weighted by Crippen LogP contribution is 2.28. The van der Waals surface area contributed by atoms with Crippen LogP contribution in [0, 0.1) is 17.2 Å². The van der Waals surface area contributed by atoms with Gasteiger partial charge in [-0.05, 0) is 18.3 Å². The Kier molecular flexibility index (Phi) is 4.01. The lowest BCUT2D eigenvalue weighted by Crippen LogP contribution is -2.38. The summed E-state index contributed by atoms with van der Waals surface area (Å²) in [5.41, 5.74) is 0.236. The van der Waals surface area contributed by atoms with Crippen molar-refractivity contribution in [2.75, 3.05) is 0 Å². The Morgan fingerprint density at radius 2 is 1.80 bits per heavy atom. The monoisotopic (exact) mass is 278 g/mol. The molecule has 3 N–H and O–H groups in total. The summed E-state index contributed by atoms with van der Waals surface area (Å²) < 4.78 is 0. The number of rotatable bonds is 2. The normalized spacial score (nSPS) is 27.6. The lowest BCUT2D eigenvalue weighted by atomic mass is 9.82. The largest absolute Gasteiger partial charge is 0.511 e. The van der Waals surface area contributed by atoms with Gasteiger partial charge in [-0.1, -0.05) is 6.92 Å². The Labute approximate surface area is 116 Å². The van der Waals surface area contributed by atoms with E-state index in [0.717, 1.165) is 0 Å². The van der Waals surface area contributed by atoms with Crippen molar-refractivity contribution < 1.29 is 19.5 Å². The van der Waals surface area contributed by atoms with Crippen molar-refractivity contribution in [2.45, 2.75) is 39.0 Å². The Morgan fingerprint density at radius 1 is 1.20 bits per heavy atom. The van der Waals surface area contributed by atoms with Crippen LogP contribution >= 0.6 is 0 Å². The summed E-state index contributed by atoms with van der Waals surface area (Å²) in [6.07, 6.45) is 1.19. The minimum atomic E-state index is -0.359. The maximum atomic E-state index is 11.9. The van der Waals surface area contributed by atoms with Gasteiger partial charge in [0.1, 0.15) is 5.76 Å². The number of piperidine rings is 1. The van der Waals surface area contributed by atoms with Gasteiger partial charge in [-0.15, -0.1) is 0 Å². The predicted molar refractivity (Wildman–Crippen MR) is 71.3 cm³/mol. The first-order valence-corrected chi connectivity index (χ1v) is 6.72. The van der Waals surface area contributed by atoms with E-state index in [1.165, 1.54) is 0 Å². The zero-order chi connectivity index (χ0) is 14.9. The second kappa shape index (κ2) is 5.56. The van der Waals surface area contributed by atoms with Crippen molar-refractivity contribution in [1.82, 2.24) is 5.32 Å². The third-order valence-corrected chi connectivity index (χ3v) is 3.66. The molecule has 108 valence electrons. The number of ketones is 1. The maximum Gasteiger partial charge on any atom is 0.226 e. The highest BCUT2D eigenvalue weighted by molar-refractivity contribution is 6.23. The van der Waals surface area contributed by atoms with E-state index in [2.05, 4.69) is 5.32 Å². The van der Waals surface area contributed by atoms with E-state index >= 15 is 0 Å². The first-order chi connectivity index (χ1) is 9.36. The molecule has 2 rings (SSSR count). The summed E-state index contributed by atoms with van der Waals surface area (Å²) in [7, 11) is 0. The van der Waals surface area contributed by atoms with Gasteiger partial charge in [0, 0.05) is 31.4 Å². The average Bonchev–Trinajstić information content (AvgIpc) is 2.25. The van der Waals surface area contributed by atoms with Gasteiger partial charge in [0.15, 0.2) is 5.78 Å². The Bertz CT molecular complexity index is 485. The number of nitrogens with one attached hydrogen (secondary N) is 2. The molecule has 6 heteroatoms. The topological polar surface area (TPSA) is 107 Å². The molecule has 1 atom stereocenters. The molecule has 0 aromatic heterocycles. The quantitative estimate of drug-likeness (QED) is 0.401. The second-order valence-corrected chi connectivity index (χ2v) is 5.69. The van der Waals surface area contributed by atoms with Gasteiger partial charge < -0.3 is 10.5 Å². The zero-order valence-electron chi connectivity index (χ0n) is 11.4. The number of aliphatic hydroxyl groups is 1. The zero-order valence-corrected chi connectivity index (χ0v) is 11.4. The number of imide groups is 1. The van der Waals surface area contributed by atoms with E-state index in [0.29, 0.717) is 12.8 Å². The van der Waals surface area contributed by atoms with Crippen LogP contribution in [0.5, 0.6) is 0 Å². The standard InChI is InChI=1S/C14H18N2O4/c1-7-2-9(15)14(10(17)3-7)11(18)4-8-5-12(19)16-13(20)6-8/h7-8,15,18H,2-6H2,1H3,(H,16,19,20)/t7-/m1/s1. The van der Waals surface area contributed by atoms with Crippen LogP contribution in [0.1, 0.15) is 39.0 Å². The highest BCUT2D eigenvalue weighted by Gasteiger charge is 2.31. The van der Waals surface area contributed by atoms with Crippen molar-refractivity contribution in [2.24, 2.45) is 11.8 Å². The average molecular weight is 278 g/mol. The predicted octanol–water partition coefficient (Wildman–Crippen LogP) is 1.26. The number of hydrogen-bond donors (Lipinski definition) is 3. The number of allylic oxidation sites excluding steroid dienone is 2. The molecule has 0 unspecified atom stereocenters. The summed E-state index contributed by atoms with van der Waals surface area (Å²) in [5, 5.41) is 20.2. The summed E-state index contributed by atoms with van der Waals surface area (Å²) in [5.74, 6) is -1.28. The number of carbonyl (C=O) groups is 3. The molecule has 1 aliphatic heterocycles. The molecule has 20 heavy (non-hydrogen) atoms. The molecule has 0 aromatic rings. The fourth-order valence-corrected chi connectivity index (χ4v) is 2.82. The van der Waals surface area contributed by atoms with Gasteiger partial charge >= 0.3 is 0 Å². The molecule has 2 aliphatic rings. The second-order valence-electron chi connectivity index (χ2n) is 5.69. The van der Waals surface area contributed by atoms with Crippen LogP contribution in [0.2, 0.25) is 0 Å². The maximum absolute atomic E-state index is 11.9. The molecule has 6 nitrogen and oxygen atoms in total. The Balaban J connectivity index is 2.13. The molecule has 1 aliphatic carbocycles. The molecule has 2 amide bonds. The fraction of sp³-hybridized carbons (Fsp3) is 0.571. The minimum Gasteiger partial charge on any atom is -0.511 e. The molecule has 0 spiro atoms. The van der Waals surface area contributed by atoms with Crippen LogP contribution in [-0.4, -0.2) is 28.4 Å². The number of carbonyl (C=O) groups excluding carboxylic acids is 3. The Hall–Kier alpha value is -1.98. The lowest BCUT2D eigenvalue weighted by molar-refractivity contribution is -0.134. The van der Waals surface area contributed by atoms with Crippen LogP contribution in [0.15, 0.2) is 11.3 Å². The van der Waals surface area contributed by atoms with Gasteiger partial charge in [0.2, 0.25) is 11.8 Å². The van der Waals surface area contributed by atoms with E-state index < -0.39 is 0 Å². The molecule has 1 saturated carbocycles. The van der Waals surface area contributed by atoms with Crippen molar-refractivity contribution in [3.05, 3.63) is 11.3 Å². The number of Topliss-reactive ketones (excluding diaryl/α,β-unsaturated/α-hetero) is 1. The number of amides is 2. The lowest BCUT2D eigenvalue weighted by Gasteiger charge is -2.24. The molecule has 0 bridgehead atoms. The van der Waals surface area contributed by atoms with Crippen molar-refractivity contribution >= 4 is 23.3 Å². The van der Waals surface area contributed by atoms with E-state index in [-0.39, 0.29) is 65.7 Å². The van der Waals surface area contributed by atoms with Crippen LogP contribution in [0.4, 0.5) is 0 Å². The van der Waals surface area contributed by atoms with Gasteiger partial charge in [0.05, 0.1) is 5.57 Å². The van der Waals surface area contributed by atoms with Crippen LogP contribution in [0.25, 0.3) is 0 Å². The van der Waals surface area contributed by atoms with Crippen LogP contribution in [-0.2, 0) is 14.4 Å². The van der Waals surface area contributed by atoms with Gasteiger partial charge in [-0.25, -0.2) is 0 Å². The molecule has 0 radical (unpaired) electrons. The van der Waals surface area contributed by atoms with Crippen LogP contribution < -0.4 is 5.32 Å². The molecule has 1 heterocycles.